The summed E-state index contributed by atoms with van der Waals surface area (Å²) in [6, 6.07) is 9.02. The van der Waals surface area contributed by atoms with Gasteiger partial charge in [0.25, 0.3) is 11.6 Å². The molecule has 0 amide bonds. The summed E-state index contributed by atoms with van der Waals surface area (Å²) < 4.78 is 23.6. The number of carbonyl (C=O) groups excluding carboxylic acids is 1. The van der Waals surface area contributed by atoms with Gasteiger partial charge < -0.3 is 14.9 Å². The topological polar surface area (TPSA) is 134 Å². The molecular weight excluding hydrogens is 359 g/mol. The van der Waals surface area contributed by atoms with Crippen LogP contribution in [0.15, 0.2) is 46.9 Å². The van der Waals surface area contributed by atoms with Crippen molar-refractivity contribution in [3.63, 3.8) is 0 Å². The zero-order valence-corrected chi connectivity index (χ0v) is 14.0. The first kappa shape index (κ1) is 18.0. The Hall–Kier alpha value is -3.82. The SMILES string of the molecule is C[C@H](OC(=O)c1ccc(N)c([N+](=O)[O-])c1)c1nnc(-c2ccc(F)cc2)o1. The van der Waals surface area contributed by atoms with Gasteiger partial charge >= 0.3 is 5.97 Å². The number of nitrogen functional groups attached to an aromatic ring is 1. The van der Waals surface area contributed by atoms with E-state index in [1.54, 1.807) is 0 Å². The first-order chi connectivity index (χ1) is 12.8. The fourth-order valence-corrected chi connectivity index (χ4v) is 2.22. The first-order valence-corrected chi connectivity index (χ1v) is 7.69. The lowest BCUT2D eigenvalue weighted by Gasteiger charge is -2.09. The maximum atomic E-state index is 13.0. The molecule has 0 aliphatic rings. The number of hydrogen-bond donors (Lipinski definition) is 1. The molecule has 9 nitrogen and oxygen atoms in total. The second-order valence-electron chi connectivity index (χ2n) is 5.53. The summed E-state index contributed by atoms with van der Waals surface area (Å²) in [6.45, 7) is 1.51. The fourth-order valence-electron chi connectivity index (χ4n) is 2.22. The molecule has 0 aliphatic heterocycles. The van der Waals surface area contributed by atoms with Crippen molar-refractivity contribution in [3.05, 3.63) is 69.9 Å². The number of esters is 1. The summed E-state index contributed by atoms with van der Waals surface area (Å²) in [6.07, 6.45) is -0.907. The number of rotatable bonds is 5. The Morgan fingerprint density at radius 1 is 1.26 bits per heavy atom. The molecule has 0 bridgehead atoms. The van der Waals surface area contributed by atoms with E-state index >= 15 is 0 Å². The summed E-state index contributed by atoms with van der Waals surface area (Å²) in [7, 11) is 0. The smallest absolute Gasteiger partial charge is 0.339 e. The van der Waals surface area contributed by atoms with Gasteiger partial charge in [0.2, 0.25) is 5.89 Å². The highest BCUT2D eigenvalue weighted by Gasteiger charge is 2.22. The lowest BCUT2D eigenvalue weighted by Crippen LogP contribution is -2.10. The molecule has 3 aromatic rings. The highest BCUT2D eigenvalue weighted by Crippen LogP contribution is 2.26. The monoisotopic (exact) mass is 372 g/mol. The highest BCUT2D eigenvalue weighted by molar-refractivity contribution is 5.91. The lowest BCUT2D eigenvalue weighted by molar-refractivity contribution is -0.383. The van der Waals surface area contributed by atoms with Crippen LogP contribution < -0.4 is 5.73 Å². The van der Waals surface area contributed by atoms with Crippen LogP contribution in [0.1, 0.15) is 29.3 Å². The summed E-state index contributed by atoms with van der Waals surface area (Å²) in [4.78, 5) is 22.4. The van der Waals surface area contributed by atoms with Crippen molar-refractivity contribution in [1.29, 1.82) is 0 Å². The van der Waals surface area contributed by atoms with Crippen molar-refractivity contribution in [3.8, 4) is 11.5 Å². The molecule has 2 aromatic carbocycles. The predicted molar refractivity (Wildman–Crippen MR) is 91.0 cm³/mol. The third-order valence-electron chi connectivity index (χ3n) is 3.63. The van der Waals surface area contributed by atoms with Crippen molar-refractivity contribution in [2.24, 2.45) is 0 Å². The molecule has 0 aliphatic carbocycles. The zero-order chi connectivity index (χ0) is 19.6. The zero-order valence-electron chi connectivity index (χ0n) is 14.0. The number of nitrogens with two attached hydrogens (primary N) is 1. The number of aromatic nitrogens is 2. The van der Waals surface area contributed by atoms with E-state index in [0.29, 0.717) is 5.56 Å². The third kappa shape index (κ3) is 3.89. The first-order valence-electron chi connectivity index (χ1n) is 7.69. The van der Waals surface area contributed by atoms with Gasteiger partial charge in [-0.1, -0.05) is 0 Å². The van der Waals surface area contributed by atoms with E-state index in [0.717, 1.165) is 6.07 Å². The number of nitrogens with zero attached hydrogens (tertiary/aromatic N) is 3. The average Bonchev–Trinajstić information content (AvgIpc) is 3.12. The third-order valence-corrected chi connectivity index (χ3v) is 3.63. The van der Waals surface area contributed by atoms with E-state index in [1.807, 2.05) is 0 Å². The summed E-state index contributed by atoms with van der Waals surface area (Å²) in [5.74, 6) is -1.06. The quantitative estimate of drug-likeness (QED) is 0.312. The molecule has 27 heavy (non-hydrogen) atoms. The van der Waals surface area contributed by atoms with Crippen LogP contribution in [0.5, 0.6) is 0 Å². The van der Waals surface area contributed by atoms with Crippen molar-refractivity contribution in [1.82, 2.24) is 10.2 Å². The standard InChI is InChI=1S/C17H13FN4O5/c1-9(15-20-21-16(27-15)10-2-5-12(18)6-3-10)26-17(23)11-4-7-13(19)14(8-11)22(24)25/h2-9H,19H2,1H3/t9-/m0/s1. The van der Waals surface area contributed by atoms with Crippen LogP contribution in [0.2, 0.25) is 0 Å². The number of anilines is 1. The number of nitro groups is 1. The van der Waals surface area contributed by atoms with Crippen LogP contribution in [0.4, 0.5) is 15.8 Å². The van der Waals surface area contributed by atoms with E-state index in [-0.39, 0.29) is 23.0 Å². The Bertz CT molecular complexity index is 1000. The van der Waals surface area contributed by atoms with Crippen molar-refractivity contribution >= 4 is 17.3 Å². The van der Waals surface area contributed by atoms with Gasteiger partial charge in [0.05, 0.1) is 10.5 Å². The molecule has 0 unspecified atom stereocenters. The molecule has 1 heterocycles. The normalized spacial score (nSPS) is 11.8. The highest BCUT2D eigenvalue weighted by atomic mass is 19.1. The summed E-state index contributed by atoms with van der Waals surface area (Å²) in [5.41, 5.74) is 5.50. The Balaban J connectivity index is 1.75. The molecule has 1 aromatic heterocycles. The molecule has 3 rings (SSSR count). The molecule has 0 spiro atoms. The maximum absolute atomic E-state index is 13.0. The van der Waals surface area contributed by atoms with Crippen LogP contribution in [0, 0.1) is 15.9 Å². The summed E-state index contributed by atoms with van der Waals surface area (Å²) in [5, 5.41) is 18.6. The molecule has 0 saturated carbocycles. The van der Waals surface area contributed by atoms with Gasteiger partial charge in [-0.05, 0) is 43.3 Å². The Morgan fingerprint density at radius 2 is 1.96 bits per heavy atom. The second-order valence-corrected chi connectivity index (χ2v) is 5.53. The minimum Gasteiger partial charge on any atom is -0.449 e. The van der Waals surface area contributed by atoms with Gasteiger partial charge in [0.15, 0.2) is 6.10 Å². The van der Waals surface area contributed by atoms with Gasteiger partial charge in [-0.2, -0.15) is 0 Å². The Kier molecular flexibility index (Phi) is 4.79. The van der Waals surface area contributed by atoms with Crippen LogP contribution in [-0.4, -0.2) is 21.1 Å². The van der Waals surface area contributed by atoms with Crippen molar-refractivity contribution < 1.29 is 23.3 Å². The fraction of sp³-hybridized carbons (Fsp3) is 0.118. The molecule has 0 saturated heterocycles. The minimum atomic E-state index is -0.907. The Morgan fingerprint density at radius 3 is 2.63 bits per heavy atom. The minimum absolute atomic E-state index is 0.0209. The number of ether oxygens (including phenoxy) is 1. The molecule has 2 N–H and O–H groups in total. The molecule has 0 fully saturated rings. The van der Waals surface area contributed by atoms with Gasteiger partial charge in [-0.15, -0.1) is 10.2 Å². The maximum Gasteiger partial charge on any atom is 0.339 e. The Labute approximate surface area is 151 Å². The number of halogens is 1. The van der Waals surface area contributed by atoms with Gasteiger partial charge in [0.1, 0.15) is 11.5 Å². The summed E-state index contributed by atoms with van der Waals surface area (Å²) >= 11 is 0. The molecule has 0 radical (unpaired) electrons. The number of carbonyl (C=O) groups is 1. The molecule has 10 heteroatoms. The van der Waals surface area contributed by atoms with Crippen molar-refractivity contribution in [2.45, 2.75) is 13.0 Å². The second kappa shape index (κ2) is 7.20. The lowest BCUT2D eigenvalue weighted by atomic mass is 10.2. The van der Waals surface area contributed by atoms with Gasteiger partial charge in [-0.25, -0.2) is 9.18 Å². The van der Waals surface area contributed by atoms with E-state index in [1.165, 1.54) is 43.3 Å². The van der Waals surface area contributed by atoms with E-state index in [4.69, 9.17) is 14.9 Å². The van der Waals surface area contributed by atoms with Crippen LogP contribution in [0.3, 0.4) is 0 Å². The largest absolute Gasteiger partial charge is 0.449 e. The molecule has 138 valence electrons. The molecule has 1 atom stereocenters. The molecular formula is C17H13FN4O5. The number of benzene rings is 2. The van der Waals surface area contributed by atoms with Gasteiger partial charge in [-0.3, -0.25) is 10.1 Å². The van der Waals surface area contributed by atoms with E-state index < -0.39 is 28.5 Å². The predicted octanol–water partition coefficient (Wildman–Crippen LogP) is 3.28. The van der Waals surface area contributed by atoms with E-state index in [2.05, 4.69) is 10.2 Å². The van der Waals surface area contributed by atoms with Crippen LogP contribution >= 0.6 is 0 Å². The number of hydrogen-bond acceptors (Lipinski definition) is 8. The van der Waals surface area contributed by atoms with E-state index in [9.17, 15) is 19.3 Å². The number of nitro benzene ring substituents is 1. The van der Waals surface area contributed by atoms with Crippen LogP contribution in [0.25, 0.3) is 11.5 Å². The average molecular weight is 372 g/mol. The van der Waals surface area contributed by atoms with Crippen molar-refractivity contribution in [2.75, 3.05) is 5.73 Å². The van der Waals surface area contributed by atoms with Gasteiger partial charge in [0, 0.05) is 11.6 Å². The van der Waals surface area contributed by atoms with Crippen LogP contribution in [-0.2, 0) is 4.74 Å².